The molecule has 0 unspecified atom stereocenters. The van der Waals surface area contributed by atoms with Crippen molar-refractivity contribution in [3.63, 3.8) is 0 Å². The molecule has 0 bridgehead atoms. The second-order valence-corrected chi connectivity index (χ2v) is 9.69. The molecule has 0 spiro atoms. The third kappa shape index (κ3) is 8.00. The van der Waals surface area contributed by atoms with Crippen molar-refractivity contribution in [2.45, 2.75) is 6.92 Å². The third-order valence-corrected chi connectivity index (χ3v) is 6.76. The number of hydrogen-bond acceptors (Lipinski definition) is 7. The summed E-state index contributed by atoms with van der Waals surface area (Å²) in [7, 11) is -0.842. The van der Waals surface area contributed by atoms with Crippen LogP contribution in [0.1, 0.15) is 17.3 Å². The van der Waals surface area contributed by atoms with Crippen molar-refractivity contribution in [1.82, 2.24) is 0 Å². The van der Waals surface area contributed by atoms with Crippen LogP contribution >= 0.6 is 19.3 Å². The van der Waals surface area contributed by atoms with E-state index in [0.29, 0.717) is 33.6 Å². The molecule has 4 rings (SSSR count). The number of halogens is 1. The van der Waals surface area contributed by atoms with Gasteiger partial charge in [0.15, 0.2) is 18.2 Å². The number of pyridine rings is 1. The normalized spacial score (nSPS) is 10.5. The molecule has 0 aliphatic rings. The smallest absolute Gasteiger partial charge is 0.728 e. The number of nitrogens with zero attached hydrogens (tertiary/aromatic N) is 1. The van der Waals surface area contributed by atoms with Crippen LogP contribution in [0.25, 0.3) is 0 Å². The molecule has 0 saturated heterocycles. The van der Waals surface area contributed by atoms with Crippen molar-refractivity contribution in [1.29, 1.82) is 0 Å². The maximum absolute atomic E-state index is 13.8. The first-order valence-corrected chi connectivity index (χ1v) is 12.8. The Morgan fingerprint density at radius 2 is 1.32 bits per heavy atom. The van der Waals surface area contributed by atoms with E-state index in [9.17, 15) is 14.5 Å². The molecule has 192 valence electrons. The number of carbonyl (C=O) groups is 1. The van der Waals surface area contributed by atoms with Gasteiger partial charge in [-0.15, -0.1) is 5.75 Å². The molecule has 0 aliphatic carbocycles. The molecular weight excluding hydrogens is 517 g/mol. The van der Waals surface area contributed by atoms with E-state index in [0.717, 1.165) is 0 Å². The standard InChI is InChI=1S/C21H21NO6P.C6H5ClO/c1-16(23)17-5-4-14-22(15-17)29(24,27-20-10-6-18(25-2)7-11-20)28-21-12-8-19(26-3)9-13-21;7-5-2-1-3-6(8)4-5/h4-15H,1-3H3;1-4,8H/q+1;/p-1. The summed E-state index contributed by atoms with van der Waals surface area (Å²) in [5.74, 6) is 1.70. The summed E-state index contributed by atoms with van der Waals surface area (Å²) >= 11 is 5.44. The zero-order chi connectivity index (χ0) is 26.8. The minimum atomic E-state index is -3.95. The number of rotatable bonds is 8. The maximum Gasteiger partial charge on any atom is 0.728 e. The zero-order valence-corrected chi connectivity index (χ0v) is 22.0. The number of methoxy groups -OCH3 is 2. The fourth-order valence-electron chi connectivity index (χ4n) is 2.94. The van der Waals surface area contributed by atoms with Crippen LogP contribution in [0.2, 0.25) is 5.02 Å². The summed E-state index contributed by atoms with van der Waals surface area (Å²) in [6, 6.07) is 22.6. The van der Waals surface area contributed by atoms with Gasteiger partial charge in [-0.2, -0.15) is 4.57 Å². The molecule has 10 heteroatoms. The van der Waals surface area contributed by atoms with Gasteiger partial charge in [-0.1, -0.05) is 34.1 Å². The quantitative estimate of drug-likeness (QED) is 0.208. The highest BCUT2D eigenvalue weighted by atomic mass is 35.5. The van der Waals surface area contributed by atoms with Gasteiger partial charge in [0.05, 0.1) is 19.8 Å². The highest BCUT2D eigenvalue weighted by Gasteiger charge is 2.42. The lowest BCUT2D eigenvalue weighted by atomic mass is 10.2. The molecule has 0 aliphatic heterocycles. The number of ketones is 1. The van der Waals surface area contributed by atoms with Crippen molar-refractivity contribution >= 4 is 25.1 Å². The van der Waals surface area contributed by atoms with Crippen LogP contribution in [0, 0.1) is 0 Å². The Labute approximate surface area is 220 Å². The lowest BCUT2D eigenvalue weighted by molar-refractivity contribution is -0.536. The molecular formula is C27H25ClNO7P. The summed E-state index contributed by atoms with van der Waals surface area (Å²) in [6.07, 6.45) is 2.97. The zero-order valence-electron chi connectivity index (χ0n) is 20.4. The van der Waals surface area contributed by atoms with Gasteiger partial charge in [-0.25, -0.2) is 0 Å². The van der Waals surface area contributed by atoms with Crippen LogP contribution in [-0.4, -0.2) is 20.0 Å². The molecule has 37 heavy (non-hydrogen) atoms. The summed E-state index contributed by atoms with van der Waals surface area (Å²) in [5.41, 5.74) is 0.379. The van der Waals surface area contributed by atoms with E-state index in [4.69, 9.17) is 30.1 Å². The van der Waals surface area contributed by atoms with Gasteiger partial charge in [0.1, 0.15) is 23.0 Å². The van der Waals surface area contributed by atoms with Gasteiger partial charge in [0, 0.05) is 11.1 Å². The second-order valence-electron chi connectivity index (χ2n) is 7.49. The van der Waals surface area contributed by atoms with E-state index in [-0.39, 0.29) is 11.5 Å². The van der Waals surface area contributed by atoms with Crippen LogP contribution in [0.3, 0.4) is 0 Å². The number of benzene rings is 3. The van der Waals surface area contributed by atoms with Crippen LogP contribution in [0.4, 0.5) is 0 Å². The lowest BCUT2D eigenvalue weighted by Gasteiger charge is -2.14. The van der Waals surface area contributed by atoms with Gasteiger partial charge in [-0.05, 0) is 67.6 Å². The van der Waals surface area contributed by atoms with Gasteiger partial charge < -0.3 is 23.6 Å². The van der Waals surface area contributed by atoms with Crippen molar-refractivity contribution in [3.8, 4) is 28.7 Å². The first-order valence-electron chi connectivity index (χ1n) is 11.0. The summed E-state index contributed by atoms with van der Waals surface area (Å²) in [6.45, 7) is 1.43. The molecule has 1 aromatic heterocycles. The summed E-state index contributed by atoms with van der Waals surface area (Å²) in [5, 5.41) is 10.9. The Morgan fingerprint density at radius 1 is 0.811 bits per heavy atom. The maximum atomic E-state index is 13.8. The molecule has 0 radical (unpaired) electrons. The second kappa shape index (κ2) is 12.8. The van der Waals surface area contributed by atoms with Crippen molar-refractivity contribution in [2.75, 3.05) is 14.2 Å². The summed E-state index contributed by atoms with van der Waals surface area (Å²) in [4.78, 5) is 11.8. The molecule has 0 atom stereocenters. The van der Waals surface area contributed by atoms with Crippen LogP contribution in [-0.2, 0) is 4.57 Å². The van der Waals surface area contributed by atoms with Crippen LogP contribution in [0.5, 0.6) is 28.7 Å². The highest BCUT2D eigenvalue weighted by Crippen LogP contribution is 2.44. The van der Waals surface area contributed by atoms with Crippen LogP contribution in [0.15, 0.2) is 97.3 Å². The van der Waals surface area contributed by atoms with E-state index in [1.807, 2.05) is 0 Å². The predicted molar refractivity (Wildman–Crippen MR) is 138 cm³/mol. The summed E-state index contributed by atoms with van der Waals surface area (Å²) < 4.78 is 36.9. The Balaban J connectivity index is 0.000000405. The Bertz CT molecular complexity index is 1310. The first kappa shape index (κ1) is 27.6. The molecule has 0 amide bonds. The minimum Gasteiger partial charge on any atom is -0.872 e. The number of Topliss-reactive ketones (excluding diaryl/α,β-unsaturated/α-hetero) is 1. The molecule has 0 saturated carbocycles. The Morgan fingerprint density at radius 3 is 1.73 bits per heavy atom. The molecule has 0 N–H and O–H groups in total. The Kier molecular flexibility index (Phi) is 9.55. The van der Waals surface area contributed by atoms with Gasteiger partial charge >= 0.3 is 7.75 Å². The fraction of sp³-hybridized carbons (Fsp3) is 0.111. The van der Waals surface area contributed by atoms with E-state index >= 15 is 0 Å². The molecule has 4 aromatic rings. The van der Waals surface area contributed by atoms with E-state index in [2.05, 4.69) is 0 Å². The molecule has 8 nitrogen and oxygen atoms in total. The Hall–Kier alpha value is -4.00. The average Bonchev–Trinajstić information content (AvgIpc) is 2.90. The molecule has 3 aromatic carbocycles. The van der Waals surface area contributed by atoms with Crippen LogP contribution < -0.4 is 28.0 Å². The predicted octanol–water partition coefficient (Wildman–Crippen LogP) is 5.72. The SMILES string of the molecule is COc1ccc(OP(=O)(Oc2ccc(OC)cc2)[n+]2cccc(C(C)=O)c2)cc1.[O-]c1cccc(Cl)c1. The van der Waals surface area contributed by atoms with Gasteiger partial charge in [0.2, 0.25) is 0 Å². The van der Waals surface area contributed by atoms with Crippen molar-refractivity contribution in [3.05, 3.63) is 108 Å². The molecule has 0 fully saturated rings. The van der Waals surface area contributed by atoms with E-state index in [1.54, 1.807) is 87.0 Å². The van der Waals surface area contributed by atoms with Crippen molar-refractivity contribution in [2.24, 2.45) is 0 Å². The van der Waals surface area contributed by atoms with E-state index in [1.165, 1.54) is 35.8 Å². The number of aromatic nitrogens is 1. The molecule has 1 heterocycles. The number of hydrogen-bond donors (Lipinski definition) is 0. The van der Waals surface area contributed by atoms with E-state index < -0.39 is 7.75 Å². The fourth-order valence-corrected chi connectivity index (χ4v) is 4.63. The minimum absolute atomic E-state index is 0.0440. The third-order valence-electron chi connectivity index (χ3n) is 4.83. The largest absolute Gasteiger partial charge is 0.872 e. The van der Waals surface area contributed by atoms with Gasteiger partial charge in [-0.3, -0.25) is 4.79 Å². The number of ether oxygens (including phenoxy) is 2. The highest BCUT2D eigenvalue weighted by molar-refractivity contribution is 7.47. The number of carbonyl (C=O) groups excluding carboxylic acids is 1. The van der Waals surface area contributed by atoms with Gasteiger partial charge in [0.25, 0.3) is 0 Å². The first-order chi connectivity index (χ1) is 17.7. The topological polar surface area (TPSA) is 98.0 Å². The van der Waals surface area contributed by atoms with Crippen molar-refractivity contribution < 1.29 is 37.3 Å². The average molecular weight is 542 g/mol. The lowest BCUT2D eigenvalue weighted by Crippen LogP contribution is -2.36. The monoisotopic (exact) mass is 541 g/mol.